The molecule has 1 saturated heterocycles. The minimum Gasteiger partial charge on any atom is -0.355 e. The Kier molecular flexibility index (Phi) is 7.95. The highest BCUT2D eigenvalue weighted by atomic mass is 35.5. The van der Waals surface area contributed by atoms with Crippen LogP contribution in [0.3, 0.4) is 0 Å². The molecule has 6 nitrogen and oxygen atoms in total. The van der Waals surface area contributed by atoms with E-state index >= 15 is 0 Å². The molecule has 1 unspecified atom stereocenters. The van der Waals surface area contributed by atoms with Crippen LogP contribution in [0.1, 0.15) is 18.4 Å². The quantitative estimate of drug-likeness (QED) is 0.790. The molecule has 136 valence electrons. The molecule has 1 atom stereocenters. The highest BCUT2D eigenvalue weighted by molar-refractivity contribution is 7.89. The average molecular weight is 396 g/mol. The number of nitrogens with two attached hydrogens (primary N) is 1. The molecule has 1 aromatic rings. The van der Waals surface area contributed by atoms with E-state index in [9.17, 15) is 13.2 Å². The van der Waals surface area contributed by atoms with E-state index in [2.05, 4.69) is 5.32 Å². The Morgan fingerprint density at radius 3 is 2.83 bits per heavy atom. The maximum atomic E-state index is 12.9. The second-order valence-electron chi connectivity index (χ2n) is 5.64. The summed E-state index contributed by atoms with van der Waals surface area (Å²) in [6.45, 7) is 3.04. The van der Waals surface area contributed by atoms with Crippen molar-refractivity contribution >= 4 is 39.9 Å². The first-order valence-electron chi connectivity index (χ1n) is 7.61. The van der Waals surface area contributed by atoms with E-state index in [1.165, 1.54) is 4.31 Å². The summed E-state index contributed by atoms with van der Waals surface area (Å²) in [4.78, 5) is 12.3. The monoisotopic (exact) mass is 395 g/mol. The molecule has 0 aliphatic carbocycles. The minimum atomic E-state index is -3.66. The van der Waals surface area contributed by atoms with E-state index in [1.54, 1.807) is 25.1 Å². The first-order valence-corrected chi connectivity index (χ1v) is 9.42. The molecule has 0 saturated carbocycles. The molecule has 1 aliphatic heterocycles. The summed E-state index contributed by atoms with van der Waals surface area (Å²) >= 11 is 6.04. The minimum absolute atomic E-state index is 0. The zero-order chi connectivity index (χ0) is 17.0. The summed E-state index contributed by atoms with van der Waals surface area (Å²) in [7, 11) is -3.66. The van der Waals surface area contributed by atoms with Gasteiger partial charge >= 0.3 is 0 Å². The SMILES string of the molecule is Cc1c(Cl)cccc1S(=O)(=O)N1CCCC(C(=O)NCCN)C1.Cl. The van der Waals surface area contributed by atoms with Crippen LogP contribution in [0.5, 0.6) is 0 Å². The van der Waals surface area contributed by atoms with Gasteiger partial charge in [0.25, 0.3) is 0 Å². The summed E-state index contributed by atoms with van der Waals surface area (Å²) in [5, 5.41) is 3.14. The number of nitrogens with one attached hydrogen (secondary N) is 1. The van der Waals surface area contributed by atoms with Gasteiger partial charge in [-0.1, -0.05) is 17.7 Å². The van der Waals surface area contributed by atoms with Crippen molar-refractivity contribution < 1.29 is 13.2 Å². The fraction of sp³-hybridized carbons (Fsp3) is 0.533. The van der Waals surface area contributed by atoms with Gasteiger partial charge in [0.05, 0.1) is 10.8 Å². The third-order valence-electron chi connectivity index (χ3n) is 4.03. The van der Waals surface area contributed by atoms with E-state index in [-0.39, 0.29) is 35.7 Å². The van der Waals surface area contributed by atoms with Gasteiger partial charge in [0.1, 0.15) is 0 Å². The van der Waals surface area contributed by atoms with Crippen molar-refractivity contribution in [3.63, 3.8) is 0 Å². The van der Waals surface area contributed by atoms with Crippen LogP contribution >= 0.6 is 24.0 Å². The zero-order valence-electron chi connectivity index (χ0n) is 13.5. The van der Waals surface area contributed by atoms with Crippen molar-refractivity contribution in [1.82, 2.24) is 9.62 Å². The van der Waals surface area contributed by atoms with Gasteiger partial charge in [-0.15, -0.1) is 12.4 Å². The molecule has 1 aromatic carbocycles. The Morgan fingerprint density at radius 1 is 1.46 bits per heavy atom. The van der Waals surface area contributed by atoms with Gasteiger partial charge < -0.3 is 11.1 Å². The van der Waals surface area contributed by atoms with Gasteiger partial charge in [-0.2, -0.15) is 4.31 Å². The number of amides is 1. The maximum Gasteiger partial charge on any atom is 0.243 e. The Hall–Kier alpha value is -0.860. The normalized spacial score (nSPS) is 18.7. The molecule has 9 heteroatoms. The molecule has 24 heavy (non-hydrogen) atoms. The Morgan fingerprint density at radius 2 is 2.17 bits per heavy atom. The Labute approximate surface area is 154 Å². The van der Waals surface area contributed by atoms with Crippen LogP contribution in [0.2, 0.25) is 5.02 Å². The van der Waals surface area contributed by atoms with E-state index in [4.69, 9.17) is 17.3 Å². The molecule has 0 radical (unpaired) electrons. The predicted octanol–water partition coefficient (Wildman–Crippen LogP) is 1.55. The maximum absolute atomic E-state index is 12.9. The van der Waals surface area contributed by atoms with Crippen LogP contribution < -0.4 is 11.1 Å². The van der Waals surface area contributed by atoms with Gasteiger partial charge in [-0.3, -0.25) is 4.79 Å². The van der Waals surface area contributed by atoms with E-state index in [0.29, 0.717) is 43.1 Å². The molecular weight excluding hydrogens is 373 g/mol. The number of benzene rings is 1. The van der Waals surface area contributed by atoms with Crippen LogP contribution in [-0.2, 0) is 14.8 Å². The number of rotatable bonds is 5. The summed E-state index contributed by atoms with van der Waals surface area (Å²) < 4.78 is 27.1. The molecule has 2 rings (SSSR count). The topological polar surface area (TPSA) is 92.5 Å². The number of hydrogen-bond acceptors (Lipinski definition) is 4. The largest absolute Gasteiger partial charge is 0.355 e. The number of sulfonamides is 1. The van der Waals surface area contributed by atoms with Gasteiger partial charge in [-0.25, -0.2) is 8.42 Å². The molecule has 0 spiro atoms. The van der Waals surface area contributed by atoms with Crippen molar-refractivity contribution in [2.45, 2.75) is 24.7 Å². The number of piperidine rings is 1. The predicted molar refractivity (Wildman–Crippen MR) is 97.0 cm³/mol. The van der Waals surface area contributed by atoms with Crippen LogP contribution in [0, 0.1) is 12.8 Å². The second-order valence-corrected chi connectivity index (χ2v) is 7.96. The first-order chi connectivity index (χ1) is 10.9. The fourth-order valence-corrected chi connectivity index (χ4v) is 4.72. The highest BCUT2D eigenvalue weighted by Crippen LogP contribution is 2.28. The van der Waals surface area contributed by atoms with Crippen molar-refractivity contribution in [1.29, 1.82) is 0 Å². The third-order valence-corrected chi connectivity index (χ3v) is 6.45. The van der Waals surface area contributed by atoms with E-state index in [0.717, 1.165) is 0 Å². The Balaban J connectivity index is 0.00000288. The lowest BCUT2D eigenvalue weighted by Crippen LogP contribution is -2.46. The summed E-state index contributed by atoms with van der Waals surface area (Å²) in [5.41, 5.74) is 5.91. The van der Waals surface area contributed by atoms with Gasteiger partial charge in [0.2, 0.25) is 15.9 Å². The van der Waals surface area contributed by atoms with Crippen LogP contribution in [-0.4, -0.2) is 44.8 Å². The molecule has 1 heterocycles. The number of nitrogens with zero attached hydrogens (tertiary/aromatic N) is 1. The number of hydrogen-bond donors (Lipinski definition) is 2. The fourth-order valence-electron chi connectivity index (χ4n) is 2.72. The molecule has 1 fully saturated rings. The van der Waals surface area contributed by atoms with Crippen LogP contribution in [0.4, 0.5) is 0 Å². The Bertz CT molecular complexity index is 683. The highest BCUT2D eigenvalue weighted by Gasteiger charge is 2.34. The van der Waals surface area contributed by atoms with Crippen molar-refractivity contribution in [3.05, 3.63) is 28.8 Å². The van der Waals surface area contributed by atoms with E-state index < -0.39 is 10.0 Å². The number of halogens is 2. The van der Waals surface area contributed by atoms with Crippen LogP contribution in [0.25, 0.3) is 0 Å². The first kappa shape index (κ1) is 21.2. The third kappa shape index (κ3) is 4.61. The number of carbonyl (C=O) groups is 1. The average Bonchev–Trinajstić information content (AvgIpc) is 2.55. The summed E-state index contributed by atoms with van der Waals surface area (Å²) in [5.74, 6) is -0.484. The smallest absolute Gasteiger partial charge is 0.243 e. The lowest BCUT2D eigenvalue weighted by Gasteiger charge is -2.31. The molecule has 1 amide bonds. The van der Waals surface area contributed by atoms with E-state index in [1.807, 2.05) is 0 Å². The lowest BCUT2D eigenvalue weighted by atomic mass is 9.99. The number of carbonyl (C=O) groups excluding carboxylic acids is 1. The second kappa shape index (κ2) is 9.01. The van der Waals surface area contributed by atoms with Crippen molar-refractivity contribution in [2.75, 3.05) is 26.2 Å². The summed E-state index contributed by atoms with van der Waals surface area (Å²) in [6.07, 6.45) is 1.33. The lowest BCUT2D eigenvalue weighted by molar-refractivity contribution is -0.126. The molecule has 0 aromatic heterocycles. The summed E-state index contributed by atoms with van der Waals surface area (Å²) in [6, 6.07) is 4.83. The molecule has 0 bridgehead atoms. The van der Waals surface area contributed by atoms with Crippen LogP contribution in [0.15, 0.2) is 23.1 Å². The van der Waals surface area contributed by atoms with Gasteiger partial charge in [-0.05, 0) is 37.5 Å². The molecule has 3 N–H and O–H groups in total. The van der Waals surface area contributed by atoms with Gasteiger partial charge in [0, 0.05) is 31.2 Å². The van der Waals surface area contributed by atoms with Crippen molar-refractivity contribution in [2.24, 2.45) is 11.7 Å². The van der Waals surface area contributed by atoms with Gasteiger partial charge in [0.15, 0.2) is 0 Å². The standard InChI is InChI=1S/C15H22ClN3O3S.ClH/c1-11-13(16)5-2-6-14(11)23(21,22)19-9-3-4-12(10-19)15(20)18-8-7-17;/h2,5-6,12H,3-4,7-10,17H2,1H3,(H,18,20);1H. The zero-order valence-corrected chi connectivity index (χ0v) is 15.9. The molecule has 1 aliphatic rings. The molecular formula is C15H23Cl2N3O3S. The van der Waals surface area contributed by atoms with Crippen molar-refractivity contribution in [3.8, 4) is 0 Å².